The molecule has 3 saturated heterocycles. The molecule has 5 aromatic rings. The lowest BCUT2D eigenvalue weighted by atomic mass is 9.59. The number of rotatable bonds is 14. The minimum absolute atomic E-state index is 0.0332. The normalized spacial score (nSPS) is 23.7. The molecule has 4 aromatic carbocycles. The van der Waals surface area contributed by atoms with Crippen LogP contribution in [-0.4, -0.2) is 108 Å². The zero-order chi connectivity index (χ0) is 55.7. The van der Waals surface area contributed by atoms with Crippen LogP contribution in [0.25, 0.3) is 22.0 Å². The average molecular weight is 1100 g/mol. The monoisotopic (exact) mass is 1100 g/mol. The number of nitrogens with one attached hydrogen (secondary N) is 2. The van der Waals surface area contributed by atoms with Gasteiger partial charge >= 0.3 is 6.03 Å². The molecular weight excluding hydrogens is 1030 g/mol. The highest BCUT2D eigenvalue weighted by Crippen LogP contribution is 2.56. The fourth-order valence-corrected chi connectivity index (χ4v) is 14.0. The number of amides is 5. The molecule has 0 radical (unpaired) electrons. The highest BCUT2D eigenvalue weighted by molar-refractivity contribution is 6.09. The van der Waals surface area contributed by atoms with E-state index in [4.69, 9.17) is 15.2 Å². The van der Waals surface area contributed by atoms with Gasteiger partial charge in [-0.25, -0.2) is 31.1 Å². The summed E-state index contributed by atoms with van der Waals surface area (Å²) < 4.78 is 105. The second-order valence-corrected chi connectivity index (χ2v) is 22.9. The Hall–Kier alpha value is -6.67. The minimum atomic E-state index is -2.68. The SMILES string of the molecule is Cc1c(F)cc2c(c1-c1c(C(N)=O)ccc(OCCC(F)F)c1F)C(C)C(CNC1CCC(C(=O)N3CCC4(CC3)CC(N3CCC(c5c(F)cc6c(N7CCC(=O)NC7=O)nn(C)c6c5F)CC3)C4)CC1)(c1ccccc1)O2. The Morgan fingerprint density at radius 1 is 0.886 bits per heavy atom. The molecule has 5 amide bonds. The van der Waals surface area contributed by atoms with E-state index in [0.717, 1.165) is 63.2 Å². The Morgan fingerprint density at radius 2 is 1.59 bits per heavy atom. The van der Waals surface area contributed by atoms with E-state index >= 15 is 17.6 Å². The Balaban J connectivity index is 0.690. The summed E-state index contributed by atoms with van der Waals surface area (Å²) in [5.41, 5.74) is 5.88. The summed E-state index contributed by atoms with van der Waals surface area (Å²) in [5, 5.41) is 10.5. The summed E-state index contributed by atoms with van der Waals surface area (Å²) in [6.07, 6.45) is 4.77. The number of piperidine rings is 2. The van der Waals surface area contributed by atoms with E-state index < -0.39 is 72.1 Å². The minimum Gasteiger partial charge on any atom is -0.490 e. The molecule has 2 unspecified atom stereocenters. The molecule has 14 nitrogen and oxygen atoms in total. The van der Waals surface area contributed by atoms with Crippen molar-refractivity contribution < 1.29 is 55.0 Å². The van der Waals surface area contributed by atoms with Gasteiger partial charge in [0.2, 0.25) is 24.1 Å². The van der Waals surface area contributed by atoms with Crippen LogP contribution in [0.4, 0.5) is 37.0 Å². The van der Waals surface area contributed by atoms with Crippen molar-refractivity contribution in [1.29, 1.82) is 0 Å². The average Bonchev–Trinajstić information content (AvgIpc) is 3.59. The first-order valence-corrected chi connectivity index (χ1v) is 27.7. The molecule has 2 saturated carbocycles. The van der Waals surface area contributed by atoms with Crippen LogP contribution in [0.1, 0.15) is 128 Å². The molecule has 2 aliphatic carbocycles. The van der Waals surface area contributed by atoms with E-state index in [1.54, 1.807) is 7.05 Å². The Labute approximate surface area is 454 Å². The van der Waals surface area contributed by atoms with E-state index in [2.05, 4.69) is 20.6 Å². The van der Waals surface area contributed by atoms with Crippen molar-refractivity contribution in [2.24, 2.45) is 24.1 Å². The van der Waals surface area contributed by atoms with Gasteiger partial charge in [-0.15, -0.1) is 0 Å². The van der Waals surface area contributed by atoms with E-state index in [0.29, 0.717) is 50.4 Å². The Morgan fingerprint density at radius 3 is 2.27 bits per heavy atom. The zero-order valence-electron chi connectivity index (χ0n) is 44.6. The van der Waals surface area contributed by atoms with Crippen LogP contribution in [-0.2, 0) is 22.2 Å². The van der Waals surface area contributed by atoms with Gasteiger partial charge in [0.25, 0.3) is 0 Å². The molecule has 4 N–H and O–H groups in total. The number of urea groups is 1. The van der Waals surface area contributed by atoms with Gasteiger partial charge in [0.05, 0.1) is 17.6 Å². The van der Waals surface area contributed by atoms with Gasteiger partial charge in [0, 0.05) is 92.7 Å². The quantitative estimate of drug-likeness (QED) is 0.0919. The maximum atomic E-state index is 16.7. The highest BCUT2D eigenvalue weighted by atomic mass is 19.3. The van der Waals surface area contributed by atoms with Crippen LogP contribution in [0, 0.1) is 41.5 Å². The fraction of sp³-hybridized carbons (Fsp3) is 0.508. The Bertz CT molecular complexity index is 3200. The molecule has 0 bridgehead atoms. The number of likely N-dealkylation sites (tertiary alicyclic amines) is 2. The number of carbonyl (C=O) groups excluding carboxylic acids is 4. The standard InChI is InChI=1S/C59H66F6N8O6/c1-32-41(60)28-44-48(47(32)50-39(54(66)75)13-14-43(51(50)64)78-26-18-45(62)63)33(2)59(79-44,36-7-5-4-6-8-36)31-67-37-11-9-35(10-12-37)56(76)72-24-19-58(20-25-72)29-38(30-58)71-21-15-34(16-22-71)49-42(61)27-40-53(52(49)65)70(3)69-55(40)73-23-17-46(74)68-57(73)77/h4-8,13-14,27-28,33-35,37-38,45,67H,9-12,15-26,29-31H2,1-3H3,(H2,66,75)(H,68,74,77). The highest BCUT2D eigenvalue weighted by Gasteiger charge is 2.52. The van der Waals surface area contributed by atoms with Crippen LogP contribution in [0.15, 0.2) is 54.6 Å². The predicted molar refractivity (Wildman–Crippen MR) is 283 cm³/mol. The number of aryl methyl sites for hydroxylation is 1. The molecular formula is C59H66F6N8O6. The van der Waals surface area contributed by atoms with E-state index in [9.17, 15) is 28.0 Å². The van der Waals surface area contributed by atoms with Crippen LogP contribution in [0.2, 0.25) is 0 Å². The lowest BCUT2D eigenvalue weighted by Crippen LogP contribution is -2.57. The molecule has 11 rings (SSSR count). The molecule has 5 heterocycles. The topological polar surface area (TPSA) is 164 Å². The zero-order valence-corrected chi connectivity index (χ0v) is 44.6. The summed E-state index contributed by atoms with van der Waals surface area (Å²) in [4.78, 5) is 57.0. The van der Waals surface area contributed by atoms with Crippen LogP contribution >= 0.6 is 0 Å². The predicted octanol–water partition coefficient (Wildman–Crippen LogP) is 9.87. The second kappa shape index (κ2) is 21.4. The molecule has 4 aliphatic heterocycles. The molecule has 5 fully saturated rings. The summed E-state index contributed by atoms with van der Waals surface area (Å²) in [6, 6.07) is 14.2. The largest absolute Gasteiger partial charge is 0.490 e. The number of halogens is 6. The number of carbonyl (C=O) groups is 4. The number of primary amides is 1. The maximum absolute atomic E-state index is 16.7. The van der Waals surface area contributed by atoms with E-state index in [1.807, 2.05) is 42.2 Å². The van der Waals surface area contributed by atoms with Crippen molar-refractivity contribution in [1.82, 2.24) is 30.2 Å². The maximum Gasteiger partial charge on any atom is 0.329 e. The summed E-state index contributed by atoms with van der Waals surface area (Å²) in [5.74, 6) is -5.29. The number of ether oxygens (including phenoxy) is 2. The van der Waals surface area contributed by atoms with Gasteiger partial charge < -0.3 is 30.3 Å². The van der Waals surface area contributed by atoms with Gasteiger partial charge in [0.15, 0.2) is 28.8 Å². The lowest BCUT2D eigenvalue weighted by molar-refractivity contribution is -0.141. The van der Waals surface area contributed by atoms with Gasteiger partial charge in [-0.05, 0) is 130 Å². The number of fused-ring (bicyclic) bond motifs is 2. The third kappa shape index (κ3) is 9.88. The van der Waals surface area contributed by atoms with Gasteiger partial charge in [-0.2, -0.15) is 5.10 Å². The number of anilines is 1. The molecule has 6 aliphatic rings. The van der Waals surface area contributed by atoms with Crippen molar-refractivity contribution in [2.45, 2.75) is 127 Å². The summed E-state index contributed by atoms with van der Waals surface area (Å²) in [7, 11) is 1.56. The molecule has 79 heavy (non-hydrogen) atoms. The Kier molecular flexibility index (Phi) is 14.7. The number of imide groups is 1. The van der Waals surface area contributed by atoms with E-state index in [1.165, 1.54) is 34.7 Å². The number of hydrogen-bond donors (Lipinski definition) is 3. The fourth-order valence-electron chi connectivity index (χ4n) is 14.0. The molecule has 420 valence electrons. The molecule has 1 aromatic heterocycles. The third-order valence-corrected chi connectivity index (χ3v) is 18.4. The summed E-state index contributed by atoms with van der Waals surface area (Å²) in [6.45, 7) is 6.11. The van der Waals surface area contributed by atoms with Crippen LogP contribution < -0.4 is 30.7 Å². The number of nitrogens with zero attached hydrogens (tertiary/aromatic N) is 5. The van der Waals surface area contributed by atoms with Gasteiger partial charge in [-0.1, -0.05) is 37.3 Å². The first-order chi connectivity index (χ1) is 37.9. The first kappa shape index (κ1) is 54.3. The molecule has 2 atom stereocenters. The second-order valence-electron chi connectivity index (χ2n) is 22.9. The number of aromatic nitrogens is 2. The first-order valence-electron chi connectivity index (χ1n) is 27.7. The third-order valence-electron chi connectivity index (χ3n) is 18.4. The summed E-state index contributed by atoms with van der Waals surface area (Å²) >= 11 is 0. The van der Waals surface area contributed by atoms with Crippen molar-refractivity contribution in [3.63, 3.8) is 0 Å². The molecule has 1 spiro atoms. The number of alkyl halides is 2. The van der Waals surface area contributed by atoms with Crippen LogP contribution in [0.3, 0.4) is 0 Å². The number of benzene rings is 4. The van der Waals surface area contributed by atoms with Gasteiger partial charge in [-0.3, -0.25) is 29.3 Å². The van der Waals surface area contributed by atoms with Crippen molar-refractivity contribution in [2.75, 3.05) is 50.8 Å². The number of nitrogens with two attached hydrogens (primary N) is 1. The van der Waals surface area contributed by atoms with E-state index in [-0.39, 0.29) is 105 Å². The van der Waals surface area contributed by atoms with Crippen molar-refractivity contribution in [3.05, 3.63) is 106 Å². The lowest BCUT2D eigenvalue weighted by Gasteiger charge is -2.56. The van der Waals surface area contributed by atoms with Crippen molar-refractivity contribution in [3.8, 4) is 22.6 Å². The smallest absolute Gasteiger partial charge is 0.329 e. The van der Waals surface area contributed by atoms with Crippen LogP contribution in [0.5, 0.6) is 11.5 Å². The molecule has 20 heteroatoms. The van der Waals surface area contributed by atoms with Crippen molar-refractivity contribution >= 4 is 40.5 Å². The van der Waals surface area contributed by atoms with Gasteiger partial charge in [0.1, 0.15) is 22.9 Å². The number of hydrogen-bond acceptors (Lipinski definition) is 9.